The van der Waals surface area contributed by atoms with E-state index in [1.807, 2.05) is 0 Å². The molecule has 0 spiro atoms. The van der Waals surface area contributed by atoms with Crippen molar-refractivity contribution in [2.24, 2.45) is 11.7 Å². The first kappa shape index (κ1) is 16.5. The molecule has 3 heteroatoms. The molecular weight excluding hydrogens is 300 g/mol. The molecule has 0 heterocycles. The number of hydrogen-bond acceptors (Lipinski definition) is 2. The van der Waals surface area contributed by atoms with Gasteiger partial charge in [-0.15, -0.1) is 0 Å². The number of hydrogen-bond donors (Lipinski definition) is 1. The Labute approximate surface area is 126 Å². The van der Waals surface area contributed by atoms with Gasteiger partial charge in [-0.05, 0) is 49.4 Å². The molecule has 1 aromatic rings. The molecule has 2 N–H and O–H groups in total. The van der Waals surface area contributed by atoms with Crippen LogP contribution in [0, 0.1) is 5.92 Å². The van der Waals surface area contributed by atoms with Gasteiger partial charge < -0.3 is 10.6 Å². The van der Waals surface area contributed by atoms with Gasteiger partial charge in [-0.3, -0.25) is 0 Å². The summed E-state index contributed by atoms with van der Waals surface area (Å²) in [6, 6.07) is 7.25. The van der Waals surface area contributed by atoms with E-state index in [2.05, 4.69) is 73.8 Å². The van der Waals surface area contributed by atoms with Crippen LogP contribution in [0.2, 0.25) is 0 Å². The predicted octanol–water partition coefficient (Wildman–Crippen LogP) is 4.21. The van der Waals surface area contributed by atoms with Crippen LogP contribution in [-0.2, 0) is 6.42 Å². The van der Waals surface area contributed by atoms with Gasteiger partial charge in [-0.1, -0.05) is 36.7 Å². The molecule has 0 saturated heterocycles. The molecule has 0 saturated carbocycles. The number of nitrogens with zero attached hydrogens (tertiary/aromatic N) is 1. The summed E-state index contributed by atoms with van der Waals surface area (Å²) in [5, 5.41) is 0. The van der Waals surface area contributed by atoms with Crippen LogP contribution in [-0.4, -0.2) is 19.1 Å². The van der Waals surface area contributed by atoms with E-state index in [1.54, 1.807) is 0 Å². The Bertz CT molecular complexity index is 404. The third kappa shape index (κ3) is 4.50. The summed E-state index contributed by atoms with van der Waals surface area (Å²) in [5.74, 6) is 0.626. The smallest absolute Gasteiger partial charge is 0.0400 e. The standard InChI is InChI=1S/C16H27BrN2/c1-6-15(18)10-13-9-14(17)7-8-16(13)19(5)12(4)11(2)3/h7-9,11-12,15H,6,10,18H2,1-5H3. The van der Waals surface area contributed by atoms with Crippen molar-refractivity contribution in [3.8, 4) is 0 Å². The fourth-order valence-electron chi connectivity index (χ4n) is 2.16. The van der Waals surface area contributed by atoms with Crippen LogP contribution in [0.15, 0.2) is 22.7 Å². The highest BCUT2D eigenvalue weighted by atomic mass is 79.9. The summed E-state index contributed by atoms with van der Waals surface area (Å²) in [5.41, 5.74) is 8.76. The largest absolute Gasteiger partial charge is 0.371 e. The third-order valence-electron chi connectivity index (χ3n) is 4.00. The van der Waals surface area contributed by atoms with Gasteiger partial charge in [0.05, 0.1) is 0 Å². The molecule has 0 fully saturated rings. The lowest BCUT2D eigenvalue weighted by molar-refractivity contribution is 0.504. The fourth-order valence-corrected chi connectivity index (χ4v) is 2.56. The second kappa shape index (κ2) is 7.30. The Balaban J connectivity index is 3.05. The normalized spacial score (nSPS) is 14.5. The van der Waals surface area contributed by atoms with Crippen LogP contribution in [0.5, 0.6) is 0 Å². The number of nitrogens with two attached hydrogens (primary N) is 1. The van der Waals surface area contributed by atoms with Gasteiger partial charge in [-0.2, -0.15) is 0 Å². The summed E-state index contributed by atoms with van der Waals surface area (Å²) in [7, 11) is 2.18. The summed E-state index contributed by atoms with van der Waals surface area (Å²) in [4.78, 5) is 2.37. The highest BCUT2D eigenvalue weighted by Gasteiger charge is 2.17. The van der Waals surface area contributed by atoms with Gasteiger partial charge in [0.25, 0.3) is 0 Å². The van der Waals surface area contributed by atoms with Crippen molar-refractivity contribution in [1.82, 2.24) is 0 Å². The van der Waals surface area contributed by atoms with Crippen LogP contribution in [0.3, 0.4) is 0 Å². The zero-order valence-electron chi connectivity index (χ0n) is 12.8. The number of anilines is 1. The first-order valence-electron chi connectivity index (χ1n) is 7.13. The van der Waals surface area contributed by atoms with Crippen LogP contribution in [0.4, 0.5) is 5.69 Å². The van der Waals surface area contributed by atoms with E-state index >= 15 is 0 Å². The molecule has 0 aliphatic carbocycles. The maximum atomic E-state index is 6.13. The predicted molar refractivity (Wildman–Crippen MR) is 88.8 cm³/mol. The quantitative estimate of drug-likeness (QED) is 0.848. The minimum absolute atomic E-state index is 0.232. The molecular formula is C16H27BrN2. The minimum atomic E-state index is 0.232. The van der Waals surface area contributed by atoms with Crippen LogP contribution >= 0.6 is 15.9 Å². The van der Waals surface area contributed by atoms with Crippen molar-refractivity contribution in [3.63, 3.8) is 0 Å². The Kier molecular flexibility index (Phi) is 6.34. The van der Waals surface area contributed by atoms with Crippen molar-refractivity contribution < 1.29 is 0 Å². The lowest BCUT2D eigenvalue weighted by atomic mass is 9.99. The maximum absolute atomic E-state index is 6.13. The van der Waals surface area contributed by atoms with E-state index in [0.29, 0.717) is 12.0 Å². The molecule has 0 amide bonds. The van der Waals surface area contributed by atoms with E-state index in [9.17, 15) is 0 Å². The molecule has 108 valence electrons. The average molecular weight is 327 g/mol. The Morgan fingerprint density at radius 2 is 1.89 bits per heavy atom. The molecule has 2 atom stereocenters. The Morgan fingerprint density at radius 3 is 2.42 bits per heavy atom. The second-order valence-corrected chi connectivity index (χ2v) is 6.66. The number of halogens is 1. The molecule has 0 aliphatic heterocycles. The van der Waals surface area contributed by atoms with E-state index in [1.165, 1.54) is 11.3 Å². The Hall–Kier alpha value is -0.540. The first-order chi connectivity index (χ1) is 8.86. The zero-order valence-corrected chi connectivity index (χ0v) is 14.4. The zero-order chi connectivity index (χ0) is 14.6. The minimum Gasteiger partial charge on any atom is -0.371 e. The highest BCUT2D eigenvalue weighted by Crippen LogP contribution is 2.28. The monoisotopic (exact) mass is 326 g/mol. The van der Waals surface area contributed by atoms with Crippen molar-refractivity contribution in [3.05, 3.63) is 28.2 Å². The van der Waals surface area contributed by atoms with Crippen molar-refractivity contribution in [2.45, 2.75) is 52.6 Å². The molecule has 0 aliphatic rings. The van der Waals surface area contributed by atoms with Crippen LogP contribution in [0.1, 0.15) is 39.7 Å². The molecule has 2 unspecified atom stereocenters. The number of benzene rings is 1. The van der Waals surface area contributed by atoms with Crippen molar-refractivity contribution in [1.29, 1.82) is 0 Å². The van der Waals surface area contributed by atoms with Gasteiger partial charge in [0, 0.05) is 29.3 Å². The summed E-state index contributed by atoms with van der Waals surface area (Å²) >= 11 is 3.56. The summed E-state index contributed by atoms with van der Waals surface area (Å²) in [6.45, 7) is 8.94. The molecule has 19 heavy (non-hydrogen) atoms. The van der Waals surface area contributed by atoms with Gasteiger partial charge in [0.1, 0.15) is 0 Å². The number of rotatable bonds is 6. The van der Waals surface area contributed by atoms with E-state index < -0.39 is 0 Å². The van der Waals surface area contributed by atoms with E-state index in [0.717, 1.165) is 17.3 Å². The van der Waals surface area contributed by atoms with Gasteiger partial charge in [0.15, 0.2) is 0 Å². The fraction of sp³-hybridized carbons (Fsp3) is 0.625. The van der Waals surface area contributed by atoms with Gasteiger partial charge in [0.2, 0.25) is 0 Å². The van der Waals surface area contributed by atoms with E-state index in [-0.39, 0.29) is 6.04 Å². The van der Waals surface area contributed by atoms with Gasteiger partial charge >= 0.3 is 0 Å². The molecule has 0 radical (unpaired) electrons. The van der Waals surface area contributed by atoms with Crippen LogP contribution < -0.4 is 10.6 Å². The summed E-state index contributed by atoms with van der Waals surface area (Å²) < 4.78 is 1.13. The van der Waals surface area contributed by atoms with Crippen LogP contribution in [0.25, 0.3) is 0 Å². The summed E-state index contributed by atoms with van der Waals surface area (Å²) in [6.07, 6.45) is 1.94. The van der Waals surface area contributed by atoms with E-state index in [4.69, 9.17) is 5.73 Å². The second-order valence-electron chi connectivity index (χ2n) is 5.74. The average Bonchev–Trinajstić information content (AvgIpc) is 2.37. The lowest BCUT2D eigenvalue weighted by Gasteiger charge is -2.32. The molecule has 0 bridgehead atoms. The Morgan fingerprint density at radius 1 is 1.26 bits per heavy atom. The van der Waals surface area contributed by atoms with Gasteiger partial charge in [-0.25, -0.2) is 0 Å². The molecule has 1 rings (SSSR count). The molecule has 2 nitrogen and oxygen atoms in total. The SMILES string of the molecule is CCC(N)Cc1cc(Br)ccc1N(C)C(C)C(C)C. The molecule has 0 aromatic heterocycles. The third-order valence-corrected chi connectivity index (χ3v) is 4.50. The maximum Gasteiger partial charge on any atom is 0.0400 e. The van der Waals surface area contributed by atoms with Crippen molar-refractivity contribution in [2.75, 3.05) is 11.9 Å². The molecule has 1 aromatic carbocycles. The lowest BCUT2D eigenvalue weighted by Crippen LogP contribution is -2.34. The first-order valence-corrected chi connectivity index (χ1v) is 7.92. The highest BCUT2D eigenvalue weighted by molar-refractivity contribution is 9.10. The van der Waals surface area contributed by atoms with Crippen molar-refractivity contribution >= 4 is 21.6 Å². The topological polar surface area (TPSA) is 29.3 Å².